The van der Waals surface area contributed by atoms with Crippen LogP contribution in [0.15, 0.2) is 0 Å². The van der Waals surface area contributed by atoms with Gasteiger partial charge < -0.3 is 5.11 Å². The quantitative estimate of drug-likeness (QED) is 0.884. The highest BCUT2D eigenvalue weighted by Gasteiger charge is 2.34. The standard InChI is InChI=1S/C12H19ClN2O2/c1-5-6-12(3,11(16)17)7-9-8(2)14-15(4)10(9)13/h5-7H2,1-4H3,(H,16,17). The van der Waals surface area contributed by atoms with Crippen molar-refractivity contribution < 1.29 is 9.90 Å². The molecule has 0 saturated carbocycles. The van der Waals surface area contributed by atoms with Crippen LogP contribution in [0.4, 0.5) is 0 Å². The maximum absolute atomic E-state index is 11.4. The van der Waals surface area contributed by atoms with Crippen molar-refractivity contribution in [3.63, 3.8) is 0 Å². The Balaban J connectivity index is 3.06. The van der Waals surface area contributed by atoms with Crippen molar-refractivity contribution in [2.75, 3.05) is 0 Å². The topological polar surface area (TPSA) is 55.1 Å². The smallest absolute Gasteiger partial charge is 0.309 e. The fraction of sp³-hybridized carbons (Fsp3) is 0.667. The number of carboxylic acid groups (broad SMARTS) is 1. The summed E-state index contributed by atoms with van der Waals surface area (Å²) in [7, 11) is 1.76. The van der Waals surface area contributed by atoms with E-state index in [0.717, 1.165) is 17.7 Å². The van der Waals surface area contributed by atoms with E-state index in [1.54, 1.807) is 18.7 Å². The lowest BCUT2D eigenvalue weighted by Crippen LogP contribution is -2.30. The number of aryl methyl sites for hydroxylation is 2. The predicted octanol–water partition coefficient (Wildman–Crippen LogP) is 2.82. The highest BCUT2D eigenvalue weighted by atomic mass is 35.5. The van der Waals surface area contributed by atoms with Gasteiger partial charge >= 0.3 is 5.97 Å². The molecular formula is C12H19ClN2O2. The van der Waals surface area contributed by atoms with Crippen LogP contribution in [0.1, 0.15) is 37.9 Å². The Morgan fingerprint density at radius 2 is 2.18 bits per heavy atom. The highest BCUT2D eigenvalue weighted by molar-refractivity contribution is 6.30. The molecule has 1 atom stereocenters. The lowest BCUT2D eigenvalue weighted by atomic mass is 9.80. The van der Waals surface area contributed by atoms with E-state index in [4.69, 9.17) is 11.6 Å². The molecule has 0 aliphatic rings. The average Bonchev–Trinajstić information content (AvgIpc) is 2.45. The van der Waals surface area contributed by atoms with Gasteiger partial charge in [-0.05, 0) is 26.7 Å². The number of aromatic nitrogens is 2. The van der Waals surface area contributed by atoms with E-state index in [0.29, 0.717) is 18.0 Å². The van der Waals surface area contributed by atoms with Gasteiger partial charge in [-0.15, -0.1) is 0 Å². The third-order valence-electron chi connectivity index (χ3n) is 3.15. The summed E-state index contributed by atoms with van der Waals surface area (Å²) in [4.78, 5) is 11.4. The molecule has 1 N–H and O–H groups in total. The molecule has 0 spiro atoms. The number of nitrogens with zero attached hydrogens (tertiary/aromatic N) is 2. The Kier molecular flexibility index (Phi) is 4.20. The second kappa shape index (κ2) is 5.08. The molecule has 0 aliphatic carbocycles. The molecule has 0 fully saturated rings. The first-order chi connectivity index (χ1) is 7.81. The van der Waals surface area contributed by atoms with E-state index in [1.165, 1.54) is 0 Å². The van der Waals surface area contributed by atoms with Crippen LogP contribution < -0.4 is 0 Å². The normalized spacial score (nSPS) is 14.6. The number of hydrogen-bond donors (Lipinski definition) is 1. The van der Waals surface area contributed by atoms with Crippen LogP contribution in [0.25, 0.3) is 0 Å². The van der Waals surface area contributed by atoms with Gasteiger partial charge in [0.15, 0.2) is 0 Å². The third-order valence-corrected chi connectivity index (χ3v) is 3.63. The molecule has 4 nitrogen and oxygen atoms in total. The summed E-state index contributed by atoms with van der Waals surface area (Å²) in [5.41, 5.74) is 0.875. The van der Waals surface area contributed by atoms with Crippen LogP contribution in [0.5, 0.6) is 0 Å². The van der Waals surface area contributed by atoms with Gasteiger partial charge in [0.05, 0.1) is 11.1 Å². The third kappa shape index (κ3) is 2.80. The number of aliphatic carboxylic acids is 1. The summed E-state index contributed by atoms with van der Waals surface area (Å²) in [5.74, 6) is -0.779. The Bertz CT molecular complexity index is 428. The van der Waals surface area contributed by atoms with Crippen molar-refractivity contribution in [2.24, 2.45) is 12.5 Å². The fourth-order valence-electron chi connectivity index (χ4n) is 2.09. The summed E-state index contributed by atoms with van der Waals surface area (Å²) in [6.07, 6.45) is 1.89. The van der Waals surface area contributed by atoms with E-state index in [1.807, 2.05) is 13.8 Å². The zero-order valence-electron chi connectivity index (χ0n) is 10.7. The molecule has 0 saturated heterocycles. The van der Waals surface area contributed by atoms with Crippen LogP contribution in [0.3, 0.4) is 0 Å². The molecule has 1 aromatic heterocycles. The summed E-state index contributed by atoms with van der Waals surface area (Å²) < 4.78 is 1.58. The summed E-state index contributed by atoms with van der Waals surface area (Å²) >= 11 is 6.13. The predicted molar refractivity (Wildman–Crippen MR) is 67.3 cm³/mol. The minimum Gasteiger partial charge on any atom is -0.481 e. The van der Waals surface area contributed by atoms with Gasteiger partial charge in [0, 0.05) is 12.6 Å². The molecule has 1 aromatic rings. The second-order valence-electron chi connectivity index (χ2n) is 4.77. The van der Waals surface area contributed by atoms with Gasteiger partial charge in [-0.3, -0.25) is 9.48 Å². The van der Waals surface area contributed by atoms with Crippen LogP contribution >= 0.6 is 11.6 Å². The number of hydrogen-bond acceptors (Lipinski definition) is 2. The van der Waals surface area contributed by atoms with E-state index >= 15 is 0 Å². The summed E-state index contributed by atoms with van der Waals surface area (Å²) in [6, 6.07) is 0. The molecule has 0 aliphatic heterocycles. The first-order valence-electron chi connectivity index (χ1n) is 5.73. The summed E-state index contributed by atoms with van der Waals surface area (Å²) in [6.45, 7) is 5.61. The van der Waals surface area contributed by atoms with Gasteiger partial charge in [-0.2, -0.15) is 5.10 Å². The molecule has 0 amide bonds. The number of carboxylic acids is 1. The maximum atomic E-state index is 11.4. The maximum Gasteiger partial charge on any atom is 0.309 e. The molecule has 1 unspecified atom stereocenters. The molecule has 96 valence electrons. The minimum absolute atomic E-state index is 0.425. The van der Waals surface area contributed by atoms with Gasteiger partial charge in [0.25, 0.3) is 0 Å². The Morgan fingerprint density at radius 1 is 1.59 bits per heavy atom. The van der Waals surface area contributed by atoms with Crippen molar-refractivity contribution in [3.8, 4) is 0 Å². The molecule has 0 aromatic carbocycles. The van der Waals surface area contributed by atoms with Crippen molar-refractivity contribution >= 4 is 17.6 Å². The molecule has 5 heteroatoms. The fourth-order valence-corrected chi connectivity index (χ4v) is 2.33. The summed E-state index contributed by atoms with van der Waals surface area (Å²) in [5, 5.41) is 14.1. The number of carbonyl (C=O) groups is 1. The van der Waals surface area contributed by atoms with Gasteiger partial charge in [0.2, 0.25) is 0 Å². The van der Waals surface area contributed by atoms with Crippen LogP contribution in [-0.2, 0) is 18.3 Å². The van der Waals surface area contributed by atoms with E-state index in [9.17, 15) is 9.90 Å². The molecule has 17 heavy (non-hydrogen) atoms. The van der Waals surface area contributed by atoms with E-state index < -0.39 is 11.4 Å². The SMILES string of the molecule is CCCC(C)(Cc1c(C)nn(C)c1Cl)C(=O)O. The molecule has 0 radical (unpaired) electrons. The van der Waals surface area contributed by atoms with Gasteiger partial charge in [-0.25, -0.2) is 0 Å². The first-order valence-corrected chi connectivity index (χ1v) is 6.11. The van der Waals surface area contributed by atoms with Crippen molar-refractivity contribution in [1.82, 2.24) is 9.78 Å². The van der Waals surface area contributed by atoms with Crippen LogP contribution in [-0.4, -0.2) is 20.9 Å². The second-order valence-corrected chi connectivity index (χ2v) is 5.13. The van der Waals surface area contributed by atoms with Crippen LogP contribution in [0.2, 0.25) is 5.15 Å². The Hall–Kier alpha value is -1.03. The van der Waals surface area contributed by atoms with Crippen molar-refractivity contribution in [3.05, 3.63) is 16.4 Å². The average molecular weight is 259 g/mol. The monoisotopic (exact) mass is 258 g/mol. The zero-order valence-corrected chi connectivity index (χ0v) is 11.5. The largest absolute Gasteiger partial charge is 0.481 e. The van der Waals surface area contributed by atoms with E-state index in [2.05, 4.69) is 5.10 Å². The number of rotatable bonds is 5. The zero-order chi connectivity index (χ0) is 13.2. The molecule has 1 rings (SSSR count). The molecule has 1 heterocycles. The van der Waals surface area contributed by atoms with Crippen molar-refractivity contribution in [2.45, 2.75) is 40.0 Å². The first kappa shape index (κ1) is 14.0. The lowest BCUT2D eigenvalue weighted by Gasteiger charge is -2.24. The van der Waals surface area contributed by atoms with E-state index in [-0.39, 0.29) is 0 Å². The molecule has 0 bridgehead atoms. The highest BCUT2D eigenvalue weighted by Crippen LogP contribution is 2.32. The minimum atomic E-state index is -0.779. The molecular weight excluding hydrogens is 240 g/mol. The number of halogens is 1. The van der Waals surface area contributed by atoms with Gasteiger partial charge in [0.1, 0.15) is 5.15 Å². The lowest BCUT2D eigenvalue weighted by molar-refractivity contribution is -0.148. The Morgan fingerprint density at radius 3 is 2.53 bits per heavy atom. The Labute approximate surface area is 107 Å². The van der Waals surface area contributed by atoms with Gasteiger partial charge in [-0.1, -0.05) is 24.9 Å². The van der Waals surface area contributed by atoms with Crippen LogP contribution in [0, 0.1) is 12.3 Å². The van der Waals surface area contributed by atoms with Crippen molar-refractivity contribution in [1.29, 1.82) is 0 Å².